The van der Waals surface area contributed by atoms with Crippen molar-refractivity contribution in [2.75, 3.05) is 29.9 Å². The minimum absolute atomic E-state index is 0.0525. The Morgan fingerprint density at radius 1 is 1.35 bits per heavy atom. The number of amides is 1. The number of carbonyl (C=O) groups is 1. The molecular formula is C11H18BrNO3S. The van der Waals surface area contributed by atoms with E-state index in [9.17, 15) is 13.2 Å². The Morgan fingerprint density at radius 2 is 2.12 bits per heavy atom. The van der Waals surface area contributed by atoms with Gasteiger partial charge in [0.2, 0.25) is 5.91 Å². The highest BCUT2D eigenvalue weighted by Crippen LogP contribution is 2.24. The first-order chi connectivity index (χ1) is 8.02. The van der Waals surface area contributed by atoms with Gasteiger partial charge < -0.3 is 4.90 Å². The fourth-order valence-corrected chi connectivity index (χ4v) is 4.90. The van der Waals surface area contributed by atoms with Gasteiger partial charge in [-0.3, -0.25) is 4.79 Å². The summed E-state index contributed by atoms with van der Waals surface area (Å²) in [6, 6.07) is 0. The first kappa shape index (κ1) is 13.3. The normalized spacial score (nSPS) is 32.6. The third-order valence-corrected chi connectivity index (χ3v) is 6.31. The van der Waals surface area contributed by atoms with E-state index in [-0.39, 0.29) is 23.3 Å². The zero-order valence-electron chi connectivity index (χ0n) is 9.77. The number of halogens is 1. The van der Waals surface area contributed by atoms with Crippen LogP contribution in [-0.4, -0.2) is 49.2 Å². The lowest BCUT2D eigenvalue weighted by molar-refractivity contribution is -0.136. The Kier molecular flexibility index (Phi) is 4.13. The molecule has 1 amide bonds. The molecule has 0 aliphatic carbocycles. The average molecular weight is 324 g/mol. The Balaban J connectivity index is 1.96. The van der Waals surface area contributed by atoms with Crippen LogP contribution in [0.1, 0.15) is 19.3 Å². The number of hydrogen-bond donors (Lipinski definition) is 0. The van der Waals surface area contributed by atoms with E-state index < -0.39 is 9.84 Å². The fraction of sp³-hybridized carbons (Fsp3) is 0.909. The van der Waals surface area contributed by atoms with Gasteiger partial charge in [-0.25, -0.2) is 8.42 Å². The molecule has 0 spiro atoms. The highest BCUT2D eigenvalue weighted by atomic mass is 79.9. The van der Waals surface area contributed by atoms with Gasteiger partial charge in [-0.05, 0) is 25.2 Å². The van der Waals surface area contributed by atoms with Gasteiger partial charge in [0.15, 0.2) is 9.84 Å². The molecule has 2 heterocycles. The van der Waals surface area contributed by atoms with Crippen LogP contribution in [0.4, 0.5) is 0 Å². The second-order valence-corrected chi connectivity index (χ2v) is 7.92. The van der Waals surface area contributed by atoms with E-state index >= 15 is 0 Å². The zero-order valence-corrected chi connectivity index (χ0v) is 12.2. The molecule has 0 aromatic rings. The van der Waals surface area contributed by atoms with E-state index in [4.69, 9.17) is 0 Å². The Morgan fingerprint density at radius 3 is 2.71 bits per heavy atom. The van der Waals surface area contributed by atoms with E-state index in [1.807, 2.05) is 4.90 Å². The molecule has 2 rings (SSSR count). The van der Waals surface area contributed by atoms with Gasteiger partial charge in [-0.2, -0.15) is 0 Å². The summed E-state index contributed by atoms with van der Waals surface area (Å²) in [7, 11) is -2.95. The number of carbonyl (C=O) groups excluding carboxylic acids is 1. The molecule has 2 unspecified atom stereocenters. The maximum absolute atomic E-state index is 12.2. The SMILES string of the molecule is O=C(C1CCS(=O)(=O)C1)N1CCCC(CBr)C1. The molecule has 0 bridgehead atoms. The van der Waals surface area contributed by atoms with E-state index in [1.165, 1.54) is 0 Å². The van der Waals surface area contributed by atoms with Crippen LogP contribution < -0.4 is 0 Å². The van der Waals surface area contributed by atoms with E-state index in [0.717, 1.165) is 31.3 Å². The van der Waals surface area contributed by atoms with Gasteiger partial charge in [0.05, 0.1) is 17.4 Å². The number of hydrogen-bond acceptors (Lipinski definition) is 3. The summed E-state index contributed by atoms with van der Waals surface area (Å²) < 4.78 is 22.7. The molecule has 0 radical (unpaired) electrons. The highest BCUT2D eigenvalue weighted by Gasteiger charge is 2.36. The van der Waals surface area contributed by atoms with Gasteiger partial charge >= 0.3 is 0 Å². The lowest BCUT2D eigenvalue weighted by Gasteiger charge is -2.33. The molecule has 2 fully saturated rings. The van der Waals surface area contributed by atoms with Crippen molar-refractivity contribution in [3.8, 4) is 0 Å². The molecule has 2 aliphatic rings. The largest absolute Gasteiger partial charge is 0.342 e. The van der Waals surface area contributed by atoms with Crippen molar-refractivity contribution in [3.05, 3.63) is 0 Å². The minimum atomic E-state index is -2.95. The Hall–Kier alpha value is -0.100. The predicted molar refractivity (Wildman–Crippen MR) is 69.9 cm³/mol. The van der Waals surface area contributed by atoms with Crippen molar-refractivity contribution < 1.29 is 13.2 Å². The van der Waals surface area contributed by atoms with Gasteiger partial charge in [0.1, 0.15) is 0 Å². The first-order valence-corrected chi connectivity index (χ1v) is 9.01. The van der Waals surface area contributed by atoms with E-state index in [0.29, 0.717) is 12.3 Å². The monoisotopic (exact) mass is 323 g/mol. The third-order valence-electron chi connectivity index (χ3n) is 3.63. The molecule has 2 saturated heterocycles. The average Bonchev–Trinajstić information content (AvgIpc) is 2.69. The molecule has 4 nitrogen and oxygen atoms in total. The number of rotatable bonds is 2. The second-order valence-electron chi connectivity index (χ2n) is 5.05. The fourth-order valence-electron chi connectivity index (χ4n) is 2.64. The summed E-state index contributed by atoms with van der Waals surface area (Å²) in [6.07, 6.45) is 2.69. The number of nitrogens with zero attached hydrogens (tertiary/aromatic N) is 1. The molecule has 0 aromatic carbocycles. The van der Waals surface area contributed by atoms with Crippen LogP contribution in [0.3, 0.4) is 0 Å². The van der Waals surface area contributed by atoms with Crippen LogP contribution in [0.25, 0.3) is 0 Å². The summed E-state index contributed by atoms with van der Waals surface area (Å²) in [5.41, 5.74) is 0. The van der Waals surface area contributed by atoms with Crippen molar-refractivity contribution >= 4 is 31.7 Å². The van der Waals surface area contributed by atoms with Crippen LogP contribution in [0, 0.1) is 11.8 Å². The molecule has 0 saturated carbocycles. The van der Waals surface area contributed by atoms with Gasteiger partial charge in [-0.1, -0.05) is 15.9 Å². The first-order valence-electron chi connectivity index (χ1n) is 6.07. The van der Waals surface area contributed by atoms with Crippen molar-refractivity contribution in [1.29, 1.82) is 0 Å². The summed E-state index contributed by atoms with van der Waals surface area (Å²) in [4.78, 5) is 14.1. The molecule has 6 heteroatoms. The standard InChI is InChI=1S/C11H18BrNO3S/c12-6-9-2-1-4-13(7-9)11(14)10-3-5-17(15,16)8-10/h9-10H,1-8H2. The summed E-state index contributed by atoms with van der Waals surface area (Å²) in [6.45, 7) is 1.57. The lowest BCUT2D eigenvalue weighted by Crippen LogP contribution is -2.43. The summed E-state index contributed by atoms with van der Waals surface area (Å²) in [5, 5.41) is 0.916. The summed E-state index contributed by atoms with van der Waals surface area (Å²) in [5.74, 6) is 0.525. The lowest BCUT2D eigenvalue weighted by atomic mass is 9.98. The second kappa shape index (κ2) is 5.26. The third kappa shape index (κ3) is 3.22. The van der Waals surface area contributed by atoms with Crippen molar-refractivity contribution in [3.63, 3.8) is 0 Å². The van der Waals surface area contributed by atoms with Crippen LogP contribution >= 0.6 is 15.9 Å². The highest BCUT2D eigenvalue weighted by molar-refractivity contribution is 9.09. The minimum Gasteiger partial charge on any atom is -0.342 e. The van der Waals surface area contributed by atoms with Crippen LogP contribution in [0.15, 0.2) is 0 Å². The van der Waals surface area contributed by atoms with E-state index in [2.05, 4.69) is 15.9 Å². The Bertz CT molecular complexity index is 396. The van der Waals surface area contributed by atoms with Gasteiger partial charge in [0.25, 0.3) is 0 Å². The summed E-state index contributed by atoms with van der Waals surface area (Å²) >= 11 is 3.46. The van der Waals surface area contributed by atoms with Crippen LogP contribution in [0.5, 0.6) is 0 Å². The molecule has 2 atom stereocenters. The molecule has 2 aliphatic heterocycles. The maximum Gasteiger partial charge on any atom is 0.226 e. The molecule has 17 heavy (non-hydrogen) atoms. The molecular weight excluding hydrogens is 306 g/mol. The van der Waals surface area contributed by atoms with Crippen LogP contribution in [-0.2, 0) is 14.6 Å². The quantitative estimate of drug-likeness (QED) is 0.714. The number of alkyl halides is 1. The molecule has 0 N–H and O–H groups in total. The van der Waals surface area contributed by atoms with Crippen molar-refractivity contribution in [2.45, 2.75) is 19.3 Å². The van der Waals surface area contributed by atoms with Gasteiger partial charge in [0, 0.05) is 18.4 Å². The zero-order chi connectivity index (χ0) is 12.5. The van der Waals surface area contributed by atoms with Crippen LogP contribution in [0.2, 0.25) is 0 Å². The van der Waals surface area contributed by atoms with Crippen molar-refractivity contribution in [2.24, 2.45) is 11.8 Å². The van der Waals surface area contributed by atoms with E-state index in [1.54, 1.807) is 0 Å². The smallest absolute Gasteiger partial charge is 0.226 e. The molecule has 0 aromatic heterocycles. The topological polar surface area (TPSA) is 54.5 Å². The van der Waals surface area contributed by atoms with Gasteiger partial charge in [-0.15, -0.1) is 0 Å². The number of piperidine rings is 1. The molecule has 98 valence electrons. The number of sulfone groups is 1. The maximum atomic E-state index is 12.2. The predicted octanol–water partition coefficient (Wildman–Crippen LogP) is 1.05. The Labute approximate surface area is 111 Å². The number of likely N-dealkylation sites (tertiary alicyclic amines) is 1. The van der Waals surface area contributed by atoms with Crippen molar-refractivity contribution in [1.82, 2.24) is 4.90 Å².